The van der Waals surface area contributed by atoms with Gasteiger partial charge in [-0.05, 0) is 73.0 Å². The van der Waals surface area contributed by atoms with Crippen molar-refractivity contribution < 1.29 is 22.3 Å². The summed E-state index contributed by atoms with van der Waals surface area (Å²) in [6.07, 6.45) is 1.08. The van der Waals surface area contributed by atoms with Gasteiger partial charge in [0.2, 0.25) is 10.0 Å². The van der Waals surface area contributed by atoms with Crippen LogP contribution in [0.5, 0.6) is 5.75 Å². The Hall–Kier alpha value is -3.39. The third-order valence-electron chi connectivity index (χ3n) is 5.29. The number of benzene rings is 3. The second-order valence-corrected chi connectivity index (χ2v) is 10.1. The van der Waals surface area contributed by atoms with E-state index in [4.69, 9.17) is 4.74 Å². The van der Waals surface area contributed by atoms with Crippen molar-refractivity contribution in [3.63, 3.8) is 0 Å². The van der Waals surface area contributed by atoms with Crippen molar-refractivity contribution in [1.29, 1.82) is 0 Å². The lowest BCUT2D eigenvalue weighted by Gasteiger charge is -2.24. The molecule has 8 heteroatoms. The number of hydrogen-bond acceptors (Lipinski definition) is 4. The number of rotatable bonds is 9. The van der Waals surface area contributed by atoms with Crippen molar-refractivity contribution in [3.05, 3.63) is 89.2 Å². The topological polar surface area (TPSA) is 75.7 Å². The molecule has 0 aliphatic carbocycles. The van der Waals surface area contributed by atoms with Gasteiger partial charge in [-0.1, -0.05) is 26.0 Å². The molecule has 3 aromatic carbocycles. The Morgan fingerprint density at radius 3 is 2.24 bits per heavy atom. The van der Waals surface area contributed by atoms with Gasteiger partial charge in [0, 0.05) is 16.8 Å². The average Bonchev–Trinajstić information content (AvgIpc) is 2.79. The van der Waals surface area contributed by atoms with Crippen LogP contribution in [0.2, 0.25) is 0 Å². The van der Waals surface area contributed by atoms with Gasteiger partial charge < -0.3 is 10.1 Å². The van der Waals surface area contributed by atoms with E-state index >= 15 is 0 Å². The monoisotopic (exact) mass is 484 g/mol. The predicted molar refractivity (Wildman–Crippen MR) is 134 cm³/mol. The van der Waals surface area contributed by atoms with Gasteiger partial charge in [0.15, 0.2) is 0 Å². The molecule has 180 valence electrons. The van der Waals surface area contributed by atoms with Crippen LogP contribution in [0, 0.1) is 5.82 Å². The number of ether oxygens (including phenoxy) is 1. The van der Waals surface area contributed by atoms with Gasteiger partial charge in [-0.2, -0.15) is 0 Å². The molecule has 0 aliphatic rings. The fraction of sp³-hybridized carbons (Fsp3) is 0.269. The van der Waals surface area contributed by atoms with Crippen molar-refractivity contribution in [3.8, 4) is 5.75 Å². The van der Waals surface area contributed by atoms with E-state index in [1.807, 2.05) is 31.2 Å². The number of nitrogens with zero attached hydrogens (tertiary/aromatic N) is 1. The molecule has 3 rings (SSSR count). The molecule has 34 heavy (non-hydrogen) atoms. The summed E-state index contributed by atoms with van der Waals surface area (Å²) in [7, 11) is -3.70. The van der Waals surface area contributed by atoms with Crippen LogP contribution in [0.25, 0.3) is 0 Å². The lowest BCUT2D eigenvalue weighted by Crippen LogP contribution is -2.29. The summed E-state index contributed by atoms with van der Waals surface area (Å²) >= 11 is 0. The Morgan fingerprint density at radius 1 is 1.03 bits per heavy atom. The Kier molecular flexibility index (Phi) is 7.94. The van der Waals surface area contributed by atoms with Crippen molar-refractivity contribution >= 4 is 27.3 Å². The van der Waals surface area contributed by atoms with E-state index in [1.54, 1.807) is 18.2 Å². The molecule has 0 unspecified atom stereocenters. The van der Waals surface area contributed by atoms with E-state index in [-0.39, 0.29) is 12.5 Å². The quantitative estimate of drug-likeness (QED) is 0.431. The zero-order chi connectivity index (χ0) is 24.9. The van der Waals surface area contributed by atoms with Crippen LogP contribution in [-0.4, -0.2) is 27.2 Å². The number of halogens is 1. The molecule has 0 bridgehead atoms. The summed E-state index contributed by atoms with van der Waals surface area (Å²) < 4.78 is 45.3. The summed E-state index contributed by atoms with van der Waals surface area (Å²) in [5.41, 5.74) is 3.02. The molecular weight excluding hydrogens is 455 g/mol. The highest BCUT2D eigenvalue weighted by molar-refractivity contribution is 7.92. The fourth-order valence-corrected chi connectivity index (χ4v) is 4.34. The van der Waals surface area contributed by atoms with Crippen LogP contribution in [0.1, 0.15) is 48.2 Å². The van der Waals surface area contributed by atoms with Crippen molar-refractivity contribution in [2.45, 2.75) is 33.2 Å². The highest BCUT2D eigenvalue weighted by Crippen LogP contribution is 2.27. The first-order valence-electron chi connectivity index (χ1n) is 11.0. The Morgan fingerprint density at radius 2 is 1.68 bits per heavy atom. The van der Waals surface area contributed by atoms with Gasteiger partial charge >= 0.3 is 0 Å². The number of nitrogens with one attached hydrogen (secondary N) is 1. The molecule has 1 amide bonds. The molecule has 0 aromatic heterocycles. The van der Waals surface area contributed by atoms with Gasteiger partial charge in [0.1, 0.15) is 11.6 Å². The summed E-state index contributed by atoms with van der Waals surface area (Å²) in [6, 6.07) is 17.7. The molecule has 0 aliphatic heterocycles. The molecule has 1 N–H and O–H groups in total. The molecule has 0 fully saturated rings. The minimum absolute atomic E-state index is 0.0794. The molecule has 0 heterocycles. The predicted octanol–water partition coefficient (Wildman–Crippen LogP) is 5.57. The lowest BCUT2D eigenvalue weighted by molar-refractivity contribution is 0.102. The summed E-state index contributed by atoms with van der Waals surface area (Å²) in [5.74, 6) is 0.0648. The highest BCUT2D eigenvalue weighted by atomic mass is 32.2. The number of carbonyl (C=O) groups is 1. The van der Waals surface area contributed by atoms with Gasteiger partial charge in [0.05, 0.1) is 25.1 Å². The van der Waals surface area contributed by atoms with E-state index in [1.165, 1.54) is 29.8 Å². The first kappa shape index (κ1) is 25.2. The van der Waals surface area contributed by atoms with Gasteiger partial charge in [-0.15, -0.1) is 0 Å². The van der Waals surface area contributed by atoms with Crippen molar-refractivity contribution in [2.24, 2.45) is 0 Å². The molecule has 0 saturated heterocycles. The normalized spacial score (nSPS) is 11.4. The minimum atomic E-state index is -3.70. The summed E-state index contributed by atoms with van der Waals surface area (Å²) in [6.45, 7) is 6.31. The number of carbonyl (C=O) groups excluding carboxylic acids is 1. The maximum absolute atomic E-state index is 13.4. The van der Waals surface area contributed by atoms with Crippen LogP contribution in [0.3, 0.4) is 0 Å². The Labute approximate surface area is 200 Å². The highest BCUT2D eigenvalue weighted by Gasteiger charge is 2.21. The standard InChI is InChI=1S/C26H29FN2O4S/c1-5-33-25-15-8-20(26(30)28-23-11-6-19(7-12-23)18(2)3)16-21(25)17-29(34(4,31)32)24-13-9-22(27)10-14-24/h6-16,18H,5,17H2,1-4H3,(H,28,30). The number of amides is 1. The van der Waals surface area contributed by atoms with Gasteiger partial charge in [-0.3, -0.25) is 9.10 Å². The molecule has 3 aromatic rings. The van der Waals surface area contributed by atoms with Gasteiger partial charge in [-0.25, -0.2) is 12.8 Å². The first-order chi connectivity index (χ1) is 16.1. The summed E-state index contributed by atoms with van der Waals surface area (Å²) in [5, 5.41) is 2.87. The van der Waals surface area contributed by atoms with E-state index in [0.717, 1.165) is 10.6 Å². The van der Waals surface area contributed by atoms with Gasteiger partial charge in [0.25, 0.3) is 5.91 Å². The SMILES string of the molecule is CCOc1ccc(C(=O)Nc2ccc(C(C)C)cc2)cc1CN(c1ccc(F)cc1)S(C)(=O)=O. The van der Waals surface area contributed by atoms with Crippen molar-refractivity contribution in [2.75, 3.05) is 22.5 Å². The van der Waals surface area contributed by atoms with Crippen LogP contribution >= 0.6 is 0 Å². The van der Waals surface area contributed by atoms with Crippen LogP contribution in [0.4, 0.5) is 15.8 Å². The molecule has 0 spiro atoms. The lowest BCUT2D eigenvalue weighted by atomic mass is 10.0. The van der Waals surface area contributed by atoms with Crippen LogP contribution in [-0.2, 0) is 16.6 Å². The minimum Gasteiger partial charge on any atom is -0.494 e. The molecule has 0 radical (unpaired) electrons. The first-order valence-corrected chi connectivity index (χ1v) is 12.8. The maximum Gasteiger partial charge on any atom is 0.255 e. The second kappa shape index (κ2) is 10.7. The van der Waals surface area contributed by atoms with Crippen LogP contribution in [0.15, 0.2) is 66.7 Å². The zero-order valence-electron chi connectivity index (χ0n) is 19.7. The Balaban J connectivity index is 1.91. The molecule has 6 nitrogen and oxygen atoms in total. The number of anilines is 2. The second-order valence-electron chi connectivity index (χ2n) is 8.23. The number of sulfonamides is 1. The van der Waals surface area contributed by atoms with E-state index in [9.17, 15) is 17.6 Å². The molecule has 0 saturated carbocycles. The molecular formula is C26H29FN2O4S. The zero-order valence-corrected chi connectivity index (χ0v) is 20.5. The molecule has 0 atom stereocenters. The largest absolute Gasteiger partial charge is 0.494 e. The van der Waals surface area contributed by atoms with E-state index in [2.05, 4.69) is 19.2 Å². The Bertz CT molecular complexity index is 1240. The van der Waals surface area contributed by atoms with Crippen molar-refractivity contribution in [1.82, 2.24) is 0 Å². The van der Waals surface area contributed by atoms with E-state index in [0.29, 0.717) is 40.8 Å². The average molecular weight is 485 g/mol. The number of hydrogen-bond donors (Lipinski definition) is 1. The smallest absolute Gasteiger partial charge is 0.255 e. The third-order valence-corrected chi connectivity index (χ3v) is 6.43. The maximum atomic E-state index is 13.4. The fourth-order valence-electron chi connectivity index (χ4n) is 3.46. The van der Waals surface area contributed by atoms with E-state index < -0.39 is 15.8 Å². The third kappa shape index (κ3) is 6.35. The summed E-state index contributed by atoms with van der Waals surface area (Å²) in [4.78, 5) is 12.9. The van der Waals surface area contributed by atoms with Crippen LogP contribution < -0.4 is 14.4 Å².